The summed E-state index contributed by atoms with van der Waals surface area (Å²) in [6.07, 6.45) is 0. The summed E-state index contributed by atoms with van der Waals surface area (Å²) < 4.78 is 11.2. The molecule has 0 saturated heterocycles. The molecule has 1 nitrogen and oxygen atoms in total. The number of hydrogen-bond acceptors (Lipinski definition) is 1. The van der Waals surface area contributed by atoms with E-state index in [4.69, 9.17) is 0 Å². The van der Waals surface area contributed by atoms with E-state index in [0.717, 1.165) is 9.78 Å². The monoisotopic (exact) mass is 202 g/mol. The van der Waals surface area contributed by atoms with Gasteiger partial charge in [-0.25, -0.2) is 0 Å². The molecular weight excluding hydrogens is 199 g/mol. The summed E-state index contributed by atoms with van der Waals surface area (Å²) in [5.74, 6) is 0. The Morgan fingerprint density at radius 3 is 2.44 bits per heavy atom. The number of benzene rings is 1. The molecule has 0 fully saturated rings. The van der Waals surface area contributed by atoms with Gasteiger partial charge in [-0.05, 0) is 28.1 Å². The van der Waals surface area contributed by atoms with Gasteiger partial charge in [0.25, 0.3) is 0 Å². The van der Waals surface area contributed by atoms with Crippen LogP contribution in [0.1, 0.15) is 0 Å². The summed E-state index contributed by atoms with van der Waals surface area (Å²) in [6, 6.07) is 7.41. The molecule has 46 valence electrons. The van der Waals surface area contributed by atoms with Crippen molar-refractivity contribution in [2.45, 2.75) is 0 Å². The molecule has 0 aromatic heterocycles. The van der Waals surface area contributed by atoms with Gasteiger partial charge in [0.1, 0.15) is 0 Å². The van der Waals surface area contributed by atoms with Crippen molar-refractivity contribution in [3.63, 3.8) is 0 Å². The molecule has 0 aliphatic carbocycles. The van der Waals surface area contributed by atoms with Gasteiger partial charge in [0, 0.05) is 4.47 Å². The van der Waals surface area contributed by atoms with Gasteiger partial charge < -0.3 is 0 Å². The van der Waals surface area contributed by atoms with Crippen LogP contribution in [0.25, 0.3) is 0 Å². The fourth-order valence-electron chi connectivity index (χ4n) is 0.526. The van der Waals surface area contributed by atoms with Crippen LogP contribution in [-0.2, 0) is 4.57 Å². The van der Waals surface area contributed by atoms with Crippen LogP contribution in [-0.4, -0.2) is 0 Å². The zero-order valence-electron chi connectivity index (χ0n) is 4.54. The van der Waals surface area contributed by atoms with Crippen molar-refractivity contribution in [3.05, 3.63) is 28.7 Å². The lowest BCUT2D eigenvalue weighted by molar-refractivity contribution is 0.603. The molecule has 1 aromatic carbocycles. The van der Waals surface area contributed by atoms with E-state index in [2.05, 4.69) is 15.9 Å². The quantitative estimate of drug-likeness (QED) is 0.640. The highest BCUT2D eigenvalue weighted by Crippen LogP contribution is 2.09. The zero-order valence-corrected chi connectivity index (χ0v) is 7.02. The summed E-state index contributed by atoms with van der Waals surface area (Å²) >= 11 is 3.25. The van der Waals surface area contributed by atoms with Gasteiger partial charge in [0.2, 0.25) is 0 Å². The van der Waals surface area contributed by atoms with Crippen molar-refractivity contribution in [1.82, 2.24) is 0 Å². The third kappa shape index (κ3) is 1.60. The molecule has 0 saturated carbocycles. The normalized spacial score (nSPS) is 9.89. The van der Waals surface area contributed by atoms with Crippen molar-refractivity contribution < 1.29 is 4.57 Å². The lowest BCUT2D eigenvalue weighted by Gasteiger charge is -1.89. The molecule has 1 aromatic rings. The molecule has 0 N–H and O–H groups in total. The highest BCUT2D eigenvalue weighted by atomic mass is 79.9. The predicted molar refractivity (Wildman–Crippen MR) is 41.4 cm³/mol. The van der Waals surface area contributed by atoms with Crippen LogP contribution in [0.2, 0.25) is 0 Å². The first-order valence-electron chi connectivity index (χ1n) is 2.42. The minimum atomic E-state index is 0.0653. The van der Waals surface area contributed by atoms with Gasteiger partial charge in [-0.3, -0.25) is 4.57 Å². The van der Waals surface area contributed by atoms with Gasteiger partial charge in [-0.15, -0.1) is 0 Å². The van der Waals surface area contributed by atoms with Gasteiger partial charge >= 0.3 is 0 Å². The maximum absolute atomic E-state index is 10.3. The summed E-state index contributed by atoms with van der Waals surface area (Å²) in [7, 11) is 0.0653. The summed E-state index contributed by atoms with van der Waals surface area (Å²) in [5, 5.41) is 0.789. The zero-order chi connectivity index (χ0) is 6.69. The van der Waals surface area contributed by atoms with Crippen molar-refractivity contribution in [2.24, 2.45) is 0 Å². The second-order valence-electron chi connectivity index (χ2n) is 1.54. The lowest BCUT2D eigenvalue weighted by Crippen LogP contribution is -1.90. The van der Waals surface area contributed by atoms with Crippen molar-refractivity contribution >= 4 is 29.7 Å². The third-order valence-electron chi connectivity index (χ3n) is 0.951. The van der Waals surface area contributed by atoms with Crippen LogP contribution >= 0.6 is 24.4 Å². The number of halogens is 1. The Morgan fingerprint density at radius 1 is 1.33 bits per heavy atom. The fraction of sp³-hybridized carbons (Fsp3) is 0. The molecule has 0 heterocycles. The summed E-state index contributed by atoms with van der Waals surface area (Å²) in [6.45, 7) is 0. The van der Waals surface area contributed by atoms with Crippen LogP contribution in [0.3, 0.4) is 0 Å². The fourth-order valence-corrected chi connectivity index (χ4v) is 1.34. The second kappa shape index (κ2) is 3.09. The Labute approximate surface area is 63.4 Å². The van der Waals surface area contributed by atoms with E-state index in [1.54, 1.807) is 6.07 Å². The Morgan fingerprint density at radius 2 is 2.00 bits per heavy atom. The predicted octanol–water partition coefficient (Wildman–Crippen LogP) is 2.37. The average Bonchev–Trinajstić information content (AvgIpc) is 1.89. The Hall–Kier alpha value is -0.200. The van der Waals surface area contributed by atoms with Crippen molar-refractivity contribution in [3.8, 4) is 0 Å². The van der Waals surface area contributed by atoms with Crippen LogP contribution in [0.4, 0.5) is 0 Å². The molecule has 0 bridgehead atoms. The topological polar surface area (TPSA) is 17.1 Å². The van der Waals surface area contributed by atoms with Crippen molar-refractivity contribution in [1.29, 1.82) is 0 Å². The molecule has 0 radical (unpaired) electrons. The molecule has 0 aliphatic heterocycles. The highest BCUT2D eigenvalue weighted by Gasteiger charge is 1.93. The molecule has 0 unspecified atom stereocenters. The van der Waals surface area contributed by atoms with Crippen LogP contribution < -0.4 is 5.30 Å². The van der Waals surface area contributed by atoms with E-state index in [1.807, 2.05) is 18.2 Å². The van der Waals surface area contributed by atoms with E-state index >= 15 is 0 Å². The molecule has 0 aliphatic rings. The Bertz CT molecular complexity index is 224. The first kappa shape index (κ1) is 6.91. The molecular formula is C6H4BrOP. The lowest BCUT2D eigenvalue weighted by atomic mass is 10.4. The van der Waals surface area contributed by atoms with E-state index in [-0.39, 0.29) is 8.46 Å². The molecule has 0 atom stereocenters. The summed E-state index contributed by atoms with van der Waals surface area (Å²) in [5.41, 5.74) is 0. The third-order valence-corrected chi connectivity index (χ3v) is 2.54. The average molecular weight is 203 g/mol. The first-order chi connectivity index (χ1) is 4.34. The van der Waals surface area contributed by atoms with E-state index in [1.165, 1.54) is 0 Å². The molecule has 1 rings (SSSR count). The number of hydrogen-bond donors (Lipinski definition) is 0. The van der Waals surface area contributed by atoms with Gasteiger partial charge in [-0.2, -0.15) is 0 Å². The Balaban J connectivity index is 3.15. The van der Waals surface area contributed by atoms with Crippen molar-refractivity contribution in [2.75, 3.05) is 0 Å². The largest absolute Gasteiger partial charge is 0.269 e. The molecule has 3 heteroatoms. The maximum Gasteiger partial charge on any atom is 0.193 e. The minimum absolute atomic E-state index is 0.0653. The van der Waals surface area contributed by atoms with Crippen LogP contribution in [0, 0.1) is 0 Å². The van der Waals surface area contributed by atoms with Crippen LogP contribution in [0.15, 0.2) is 28.7 Å². The molecule has 0 spiro atoms. The smallest absolute Gasteiger partial charge is 0.193 e. The van der Waals surface area contributed by atoms with Gasteiger partial charge in [0.15, 0.2) is 8.46 Å². The van der Waals surface area contributed by atoms with Gasteiger partial charge in [0.05, 0.1) is 5.30 Å². The summed E-state index contributed by atoms with van der Waals surface area (Å²) in [4.78, 5) is 0. The molecule has 9 heavy (non-hydrogen) atoms. The minimum Gasteiger partial charge on any atom is -0.269 e. The van der Waals surface area contributed by atoms with Gasteiger partial charge in [-0.1, -0.05) is 12.1 Å². The first-order valence-corrected chi connectivity index (χ1v) is 4.03. The van der Waals surface area contributed by atoms with E-state index in [0.29, 0.717) is 0 Å². The Kier molecular flexibility index (Phi) is 2.38. The van der Waals surface area contributed by atoms with Crippen LogP contribution in [0.5, 0.6) is 0 Å². The van der Waals surface area contributed by atoms with E-state index in [9.17, 15) is 4.57 Å². The SMILES string of the molecule is O=Pc1ccccc1Br. The standard InChI is InChI=1S/C6H4BrOP/c7-5-3-1-2-4-6(5)9-8/h1-4H. The number of rotatable bonds is 1. The van der Waals surface area contributed by atoms with E-state index < -0.39 is 0 Å². The molecule has 0 amide bonds. The highest BCUT2D eigenvalue weighted by molar-refractivity contribution is 9.10. The maximum atomic E-state index is 10.3. The second-order valence-corrected chi connectivity index (χ2v) is 3.06.